The molecule has 0 spiro atoms. The zero-order valence-electron chi connectivity index (χ0n) is 14.5. The molecular formula is C19H20N2O5. The molecule has 0 fully saturated rings. The second-order valence-electron chi connectivity index (χ2n) is 5.68. The molecule has 3 N–H and O–H groups in total. The van der Waals surface area contributed by atoms with E-state index in [4.69, 9.17) is 20.4 Å². The monoisotopic (exact) mass is 356 g/mol. The van der Waals surface area contributed by atoms with Gasteiger partial charge in [-0.3, -0.25) is 14.5 Å². The van der Waals surface area contributed by atoms with E-state index in [1.807, 2.05) is 42.5 Å². The third kappa shape index (κ3) is 4.38. The summed E-state index contributed by atoms with van der Waals surface area (Å²) in [6.45, 7) is 2.46. The average Bonchev–Trinajstić information content (AvgIpc) is 2.68. The highest BCUT2D eigenvalue weighted by molar-refractivity contribution is 6.00. The highest BCUT2D eigenvalue weighted by Gasteiger charge is 2.30. The summed E-state index contributed by atoms with van der Waals surface area (Å²) in [5, 5.41) is 7.42. The molecule has 7 nitrogen and oxygen atoms in total. The summed E-state index contributed by atoms with van der Waals surface area (Å²) in [4.78, 5) is 33.9. The largest absolute Gasteiger partial charge is 0.481 e. The molecular weight excluding hydrogens is 336 g/mol. The Morgan fingerprint density at radius 3 is 2.15 bits per heavy atom. The number of nitrogens with two attached hydrogens (primary N) is 1. The number of aliphatic carboxylic acids is 1. The van der Waals surface area contributed by atoms with Crippen LogP contribution in [0.1, 0.15) is 31.1 Å². The number of carbonyl (C=O) groups excluding carboxylic acids is 2. The molecule has 1 atom stereocenters. The first kappa shape index (κ1) is 19.0. The minimum absolute atomic E-state index is 0.357. The summed E-state index contributed by atoms with van der Waals surface area (Å²) in [6, 6.07) is 14.3. The SMILES string of the molecule is CC(=O)O.CC(=O)O[C@@H]1Cc2ccccc2N(C(N)=O)c2ccccc21. The molecule has 2 aromatic rings. The number of primary amides is 1. The van der Waals surface area contributed by atoms with Crippen molar-refractivity contribution in [3.63, 3.8) is 0 Å². The maximum atomic E-state index is 12.0. The number of hydrogen-bond donors (Lipinski definition) is 2. The number of benzene rings is 2. The standard InChI is InChI=1S/C17H16N2O3.C2H4O2/c1-11(20)22-16-10-12-6-2-4-8-14(12)19(17(18)21)15-9-5-3-7-13(15)16;1-2(3)4/h2-9,16H,10H2,1H3,(H2,18,21);1H3,(H,3,4)/t16-;/m1./s1. The van der Waals surface area contributed by atoms with E-state index in [1.165, 1.54) is 11.8 Å². The molecule has 26 heavy (non-hydrogen) atoms. The Balaban J connectivity index is 0.000000552. The van der Waals surface area contributed by atoms with Crippen LogP contribution < -0.4 is 10.6 Å². The van der Waals surface area contributed by atoms with Gasteiger partial charge in [0, 0.05) is 25.8 Å². The predicted molar refractivity (Wildman–Crippen MR) is 96.1 cm³/mol. The van der Waals surface area contributed by atoms with Crippen LogP contribution in [0.15, 0.2) is 48.5 Å². The van der Waals surface area contributed by atoms with Gasteiger partial charge in [-0.2, -0.15) is 0 Å². The van der Waals surface area contributed by atoms with E-state index >= 15 is 0 Å². The Bertz CT molecular complexity index is 830. The lowest BCUT2D eigenvalue weighted by Gasteiger charge is -2.23. The maximum absolute atomic E-state index is 12.0. The summed E-state index contributed by atoms with van der Waals surface area (Å²) in [5.74, 6) is -1.19. The van der Waals surface area contributed by atoms with Crippen LogP contribution in [0.4, 0.5) is 16.2 Å². The zero-order valence-corrected chi connectivity index (χ0v) is 14.5. The number of urea groups is 1. The highest BCUT2D eigenvalue weighted by Crippen LogP contribution is 2.41. The van der Waals surface area contributed by atoms with Crippen LogP contribution in [-0.4, -0.2) is 23.1 Å². The second kappa shape index (κ2) is 8.15. The van der Waals surface area contributed by atoms with Gasteiger partial charge in [-0.15, -0.1) is 0 Å². The molecule has 0 radical (unpaired) electrons. The number of esters is 1. The molecule has 0 aromatic heterocycles. The quantitative estimate of drug-likeness (QED) is 0.763. The van der Waals surface area contributed by atoms with Gasteiger partial charge < -0.3 is 15.6 Å². The van der Waals surface area contributed by atoms with Crippen LogP contribution >= 0.6 is 0 Å². The van der Waals surface area contributed by atoms with Crippen molar-refractivity contribution < 1.29 is 24.2 Å². The first-order chi connectivity index (χ1) is 12.3. The summed E-state index contributed by atoms with van der Waals surface area (Å²) < 4.78 is 5.46. The van der Waals surface area contributed by atoms with Gasteiger partial charge in [0.15, 0.2) is 0 Å². The molecule has 7 heteroatoms. The molecule has 136 valence electrons. The topological polar surface area (TPSA) is 110 Å². The highest BCUT2D eigenvalue weighted by atomic mass is 16.5. The van der Waals surface area contributed by atoms with Crippen molar-refractivity contribution in [2.75, 3.05) is 4.90 Å². The van der Waals surface area contributed by atoms with Gasteiger partial charge >= 0.3 is 12.0 Å². The molecule has 0 saturated carbocycles. The third-order valence-electron chi connectivity index (χ3n) is 3.69. The number of carboxylic acids is 1. The number of carbonyl (C=O) groups is 3. The molecule has 0 aliphatic carbocycles. The number of rotatable bonds is 1. The van der Waals surface area contributed by atoms with Gasteiger partial charge in [0.25, 0.3) is 5.97 Å². The molecule has 2 amide bonds. The molecule has 1 aliphatic rings. The number of para-hydroxylation sites is 2. The number of hydrogen-bond acceptors (Lipinski definition) is 4. The van der Waals surface area contributed by atoms with Gasteiger partial charge in [0.05, 0.1) is 11.4 Å². The van der Waals surface area contributed by atoms with Crippen LogP contribution in [0.2, 0.25) is 0 Å². The molecule has 1 heterocycles. The molecule has 3 rings (SSSR count). The van der Waals surface area contributed by atoms with E-state index in [2.05, 4.69) is 0 Å². The first-order valence-electron chi connectivity index (χ1n) is 7.94. The Morgan fingerprint density at radius 1 is 1.04 bits per heavy atom. The van der Waals surface area contributed by atoms with E-state index in [-0.39, 0.29) is 5.97 Å². The molecule has 0 unspecified atom stereocenters. The van der Waals surface area contributed by atoms with Crippen LogP contribution in [0, 0.1) is 0 Å². The average molecular weight is 356 g/mol. The van der Waals surface area contributed by atoms with E-state index < -0.39 is 18.1 Å². The van der Waals surface area contributed by atoms with Gasteiger partial charge in [-0.05, 0) is 17.7 Å². The van der Waals surface area contributed by atoms with Crippen molar-refractivity contribution >= 4 is 29.3 Å². The Hall–Kier alpha value is -3.35. The lowest BCUT2D eigenvalue weighted by molar-refractivity contribution is -0.146. The van der Waals surface area contributed by atoms with Gasteiger partial charge in [0.1, 0.15) is 6.10 Å². The van der Waals surface area contributed by atoms with E-state index in [9.17, 15) is 9.59 Å². The number of nitrogens with zero attached hydrogens (tertiary/aromatic N) is 1. The van der Waals surface area contributed by atoms with Crippen molar-refractivity contribution in [2.24, 2.45) is 5.73 Å². The Kier molecular flexibility index (Phi) is 5.95. The fraction of sp³-hybridized carbons (Fsp3) is 0.211. The molecule has 1 aliphatic heterocycles. The minimum Gasteiger partial charge on any atom is -0.481 e. The van der Waals surface area contributed by atoms with E-state index in [0.29, 0.717) is 12.1 Å². The van der Waals surface area contributed by atoms with Crippen molar-refractivity contribution in [1.29, 1.82) is 0 Å². The Morgan fingerprint density at radius 2 is 1.58 bits per heavy atom. The molecule has 0 saturated heterocycles. The van der Waals surface area contributed by atoms with Gasteiger partial charge in [-0.1, -0.05) is 36.4 Å². The Labute approximate surface area is 151 Å². The zero-order chi connectivity index (χ0) is 19.3. The van der Waals surface area contributed by atoms with Gasteiger partial charge in [0.2, 0.25) is 0 Å². The summed E-state index contributed by atoms with van der Waals surface area (Å²) in [6.07, 6.45) is 0.0514. The smallest absolute Gasteiger partial charge is 0.323 e. The number of amides is 2. The lowest BCUT2D eigenvalue weighted by atomic mass is 10.0. The summed E-state index contributed by atoms with van der Waals surface area (Å²) >= 11 is 0. The van der Waals surface area contributed by atoms with E-state index in [1.54, 1.807) is 6.07 Å². The number of carboxylic acid groups (broad SMARTS) is 1. The number of ether oxygens (including phenoxy) is 1. The predicted octanol–water partition coefficient (Wildman–Crippen LogP) is 3.15. The van der Waals surface area contributed by atoms with Gasteiger partial charge in [-0.25, -0.2) is 4.79 Å². The van der Waals surface area contributed by atoms with Crippen molar-refractivity contribution in [1.82, 2.24) is 0 Å². The number of fused-ring (bicyclic) bond motifs is 2. The van der Waals surface area contributed by atoms with Crippen LogP contribution in [0.3, 0.4) is 0 Å². The fourth-order valence-electron chi connectivity index (χ4n) is 2.85. The fourth-order valence-corrected chi connectivity index (χ4v) is 2.85. The van der Waals surface area contributed by atoms with Crippen molar-refractivity contribution in [3.8, 4) is 0 Å². The van der Waals surface area contributed by atoms with Crippen molar-refractivity contribution in [2.45, 2.75) is 26.4 Å². The number of anilines is 2. The van der Waals surface area contributed by atoms with E-state index in [0.717, 1.165) is 23.7 Å². The van der Waals surface area contributed by atoms with Crippen LogP contribution in [0.5, 0.6) is 0 Å². The molecule has 2 aromatic carbocycles. The summed E-state index contributed by atoms with van der Waals surface area (Å²) in [7, 11) is 0. The minimum atomic E-state index is -0.833. The normalized spacial score (nSPS) is 14.7. The first-order valence-corrected chi connectivity index (χ1v) is 7.94. The van der Waals surface area contributed by atoms with Crippen LogP contribution in [0.25, 0.3) is 0 Å². The maximum Gasteiger partial charge on any atom is 0.323 e. The summed E-state index contributed by atoms with van der Waals surface area (Å²) in [5.41, 5.74) is 8.63. The van der Waals surface area contributed by atoms with Crippen molar-refractivity contribution in [3.05, 3.63) is 59.7 Å². The lowest BCUT2D eigenvalue weighted by Crippen LogP contribution is -2.32. The van der Waals surface area contributed by atoms with Crippen LogP contribution in [-0.2, 0) is 20.7 Å². The molecule has 0 bridgehead atoms. The third-order valence-corrected chi connectivity index (χ3v) is 3.69. The second-order valence-corrected chi connectivity index (χ2v) is 5.68.